The number of carbonyl (C=O) groups is 3. The average Bonchev–Trinajstić information content (AvgIpc) is 2.96. The Hall–Kier alpha value is -3.22. The van der Waals surface area contributed by atoms with E-state index in [1.165, 1.54) is 18.6 Å². The van der Waals surface area contributed by atoms with Crippen molar-refractivity contribution in [2.75, 3.05) is 29.9 Å². The number of aryl methyl sites for hydroxylation is 1. The number of piperidine rings is 1. The number of carbonyl (C=O) groups excluding carboxylic acids is 3. The summed E-state index contributed by atoms with van der Waals surface area (Å²) in [5.41, 5.74) is 2.84. The van der Waals surface area contributed by atoms with Crippen LogP contribution in [0.3, 0.4) is 0 Å². The Labute approximate surface area is 174 Å². The number of hydrogen-bond acceptors (Lipinski definition) is 4. The van der Waals surface area contributed by atoms with E-state index < -0.39 is 5.82 Å². The number of rotatable bonds is 5. The van der Waals surface area contributed by atoms with Gasteiger partial charge in [0.05, 0.1) is 22.5 Å². The van der Waals surface area contributed by atoms with Crippen LogP contribution in [0.4, 0.5) is 15.8 Å². The molecule has 0 saturated carbocycles. The smallest absolute Gasteiger partial charge is 0.261 e. The van der Waals surface area contributed by atoms with Crippen LogP contribution in [-0.2, 0) is 4.79 Å². The number of anilines is 2. The zero-order valence-corrected chi connectivity index (χ0v) is 16.9. The van der Waals surface area contributed by atoms with Crippen LogP contribution in [0.15, 0.2) is 36.4 Å². The number of nitrogens with one attached hydrogen (secondary N) is 1. The molecule has 0 aliphatic carbocycles. The van der Waals surface area contributed by atoms with Gasteiger partial charge in [-0.1, -0.05) is 11.6 Å². The fourth-order valence-electron chi connectivity index (χ4n) is 4.05. The van der Waals surface area contributed by atoms with Crippen LogP contribution >= 0.6 is 0 Å². The number of benzene rings is 2. The Bertz CT molecular complexity index is 1010. The van der Waals surface area contributed by atoms with Crippen molar-refractivity contribution in [3.05, 3.63) is 58.9 Å². The highest BCUT2D eigenvalue weighted by molar-refractivity contribution is 6.21. The summed E-state index contributed by atoms with van der Waals surface area (Å²) in [6.07, 6.45) is 3.23. The van der Waals surface area contributed by atoms with Gasteiger partial charge in [-0.3, -0.25) is 19.3 Å². The molecule has 2 heterocycles. The molecule has 0 aromatic heterocycles. The second-order valence-corrected chi connectivity index (χ2v) is 7.82. The van der Waals surface area contributed by atoms with E-state index in [-0.39, 0.29) is 30.7 Å². The molecule has 30 heavy (non-hydrogen) atoms. The lowest BCUT2D eigenvalue weighted by atomic mass is 10.1. The molecule has 0 unspecified atom stereocenters. The molecule has 2 aliphatic heterocycles. The lowest BCUT2D eigenvalue weighted by Gasteiger charge is -2.30. The van der Waals surface area contributed by atoms with Gasteiger partial charge in [0.25, 0.3) is 11.8 Å². The maximum Gasteiger partial charge on any atom is 0.261 e. The first-order chi connectivity index (χ1) is 14.4. The monoisotopic (exact) mass is 409 g/mol. The topological polar surface area (TPSA) is 69.7 Å². The van der Waals surface area contributed by atoms with E-state index in [1.54, 1.807) is 24.3 Å². The Morgan fingerprint density at radius 2 is 1.73 bits per heavy atom. The zero-order valence-electron chi connectivity index (χ0n) is 16.9. The minimum absolute atomic E-state index is 0.0222. The average molecular weight is 409 g/mol. The molecule has 0 bridgehead atoms. The van der Waals surface area contributed by atoms with E-state index in [2.05, 4.69) is 10.2 Å². The van der Waals surface area contributed by atoms with Gasteiger partial charge in [-0.2, -0.15) is 0 Å². The van der Waals surface area contributed by atoms with Crippen LogP contribution in [0.1, 0.15) is 52.0 Å². The van der Waals surface area contributed by atoms with Crippen LogP contribution < -0.4 is 10.2 Å². The van der Waals surface area contributed by atoms with Gasteiger partial charge in [-0.15, -0.1) is 0 Å². The predicted molar refractivity (Wildman–Crippen MR) is 112 cm³/mol. The first-order valence-electron chi connectivity index (χ1n) is 10.3. The molecule has 0 radical (unpaired) electrons. The van der Waals surface area contributed by atoms with Crippen LogP contribution in [0, 0.1) is 12.7 Å². The van der Waals surface area contributed by atoms with Crippen molar-refractivity contribution in [3.8, 4) is 0 Å². The summed E-state index contributed by atoms with van der Waals surface area (Å²) in [5, 5.41) is 2.76. The van der Waals surface area contributed by atoms with Crippen molar-refractivity contribution in [2.45, 2.75) is 32.6 Å². The van der Waals surface area contributed by atoms with Crippen molar-refractivity contribution in [1.29, 1.82) is 0 Å². The molecular weight excluding hydrogens is 385 g/mol. The molecule has 6 nitrogen and oxygen atoms in total. The van der Waals surface area contributed by atoms with Crippen molar-refractivity contribution in [3.63, 3.8) is 0 Å². The zero-order chi connectivity index (χ0) is 21.3. The molecule has 0 spiro atoms. The van der Waals surface area contributed by atoms with E-state index in [0.29, 0.717) is 16.8 Å². The number of imide groups is 1. The number of amides is 3. The predicted octanol–water partition coefficient (Wildman–Crippen LogP) is 3.75. The van der Waals surface area contributed by atoms with Crippen molar-refractivity contribution in [1.82, 2.24) is 4.90 Å². The first-order valence-corrected chi connectivity index (χ1v) is 10.3. The number of fused-ring (bicyclic) bond motifs is 1. The Morgan fingerprint density at radius 3 is 2.50 bits per heavy atom. The quantitative estimate of drug-likeness (QED) is 0.764. The van der Waals surface area contributed by atoms with E-state index in [0.717, 1.165) is 42.1 Å². The van der Waals surface area contributed by atoms with E-state index in [9.17, 15) is 18.8 Å². The van der Waals surface area contributed by atoms with Crippen LogP contribution in [0.5, 0.6) is 0 Å². The largest absolute Gasteiger partial charge is 0.370 e. The van der Waals surface area contributed by atoms with Crippen LogP contribution in [0.25, 0.3) is 0 Å². The van der Waals surface area contributed by atoms with Crippen molar-refractivity contribution in [2.24, 2.45) is 0 Å². The summed E-state index contributed by atoms with van der Waals surface area (Å²) in [5.74, 6) is -1.57. The second-order valence-electron chi connectivity index (χ2n) is 7.82. The maximum absolute atomic E-state index is 13.8. The van der Waals surface area contributed by atoms with Gasteiger partial charge in [0.2, 0.25) is 5.91 Å². The van der Waals surface area contributed by atoms with Crippen LogP contribution in [0.2, 0.25) is 0 Å². The fourth-order valence-corrected chi connectivity index (χ4v) is 4.05. The number of nitrogens with zero attached hydrogens (tertiary/aromatic N) is 2. The standard InChI is InChI=1S/C23H24FN3O3/c1-15-5-7-17-18(13-15)23(30)27(22(17)29)12-9-21(28)25-19-14-16(24)6-8-20(19)26-10-3-2-4-11-26/h5-8,13-14H,2-4,9-12H2,1H3,(H,25,28). The SMILES string of the molecule is Cc1ccc2c(c1)C(=O)N(CCC(=O)Nc1cc(F)ccc1N1CCCCC1)C2=O. The Morgan fingerprint density at radius 1 is 1.00 bits per heavy atom. The summed E-state index contributed by atoms with van der Waals surface area (Å²) in [6.45, 7) is 3.56. The third-order valence-electron chi connectivity index (χ3n) is 5.62. The van der Waals surface area contributed by atoms with Gasteiger partial charge in [0.1, 0.15) is 5.82 Å². The second kappa shape index (κ2) is 8.26. The first kappa shape index (κ1) is 20.1. The van der Waals surface area contributed by atoms with Gasteiger partial charge < -0.3 is 10.2 Å². The lowest BCUT2D eigenvalue weighted by Crippen LogP contribution is -2.33. The van der Waals surface area contributed by atoms with E-state index in [4.69, 9.17) is 0 Å². The minimum Gasteiger partial charge on any atom is -0.370 e. The molecule has 2 aliphatic rings. The molecule has 156 valence electrons. The van der Waals surface area contributed by atoms with Gasteiger partial charge in [0.15, 0.2) is 0 Å². The summed E-state index contributed by atoms with van der Waals surface area (Å²) in [6, 6.07) is 9.50. The fraction of sp³-hybridized carbons (Fsp3) is 0.348. The van der Waals surface area contributed by atoms with Gasteiger partial charge in [-0.05, 0) is 56.5 Å². The van der Waals surface area contributed by atoms with Gasteiger partial charge >= 0.3 is 0 Å². The summed E-state index contributed by atoms with van der Waals surface area (Å²) in [7, 11) is 0. The molecule has 3 amide bonds. The molecule has 1 N–H and O–H groups in total. The highest BCUT2D eigenvalue weighted by Crippen LogP contribution is 2.30. The molecule has 0 atom stereocenters. The Kier molecular flexibility index (Phi) is 5.53. The third-order valence-corrected chi connectivity index (χ3v) is 5.62. The van der Waals surface area contributed by atoms with E-state index in [1.807, 2.05) is 6.92 Å². The molecule has 1 fully saturated rings. The van der Waals surface area contributed by atoms with Gasteiger partial charge in [0, 0.05) is 26.1 Å². The summed E-state index contributed by atoms with van der Waals surface area (Å²) >= 11 is 0. The number of halogens is 1. The molecule has 4 rings (SSSR count). The molecule has 1 saturated heterocycles. The third kappa shape index (κ3) is 3.92. The van der Waals surface area contributed by atoms with Crippen molar-refractivity contribution >= 4 is 29.1 Å². The number of hydrogen-bond donors (Lipinski definition) is 1. The molecule has 2 aromatic rings. The molecule has 2 aromatic carbocycles. The lowest BCUT2D eigenvalue weighted by molar-refractivity contribution is -0.116. The van der Waals surface area contributed by atoms with E-state index >= 15 is 0 Å². The highest BCUT2D eigenvalue weighted by Gasteiger charge is 2.35. The summed E-state index contributed by atoms with van der Waals surface area (Å²) < 4.78 is 13.8. The summed E-state index contributed by atoms with van der Waals surface area (Å²) in [4.78, 5) is 40.9. The van der Waals surface area contributed by atoms with Gasteiger partial charge in [-0.25, -0.2) is 4.39 Å². The minimum atomic E-state index is -0.429. The van der Waals surface area contributed by atoms with Crippen LogP contribution in [-0.4, -0.2) is 42.3 Å². The maximum atomic E-state index is 13.8. The van der Waals surface area contributed by atoms with Crippen molar-refractivity contribution < 1.29 is 18.8 Å². The normalized spacial score (nSPS) is 16.1. The highest BCUT2D eigenvalue weighted by atomic mass is 19.1. The Balaban J connectivity index is 1.43. The molecule has 7 heteroatoms. The molecular formula is C23H24FN3O3.